The summed E-state index contributed by atoms with van der Waals surface area (Å²) in [5.41, 5.74) is 4.43. The highest BCUT2D eigenvalue weighted by atomic mass is 16.5. The van der Waals surface area contributed by atoms with Crippen molar-refractivity contribution < 1.29 is 4.74 Å². The predicted molar refractivity (Wildman–Crippen MR) is 69.6 cm³/mol. The van der Waals surface area contributed by atoms with Crippen molar-refractivity contribution in [3.05, 3.63) is 28.8 Å². The summed E-state index contributed by atoms with van der Waals surface area (Å²) in [6.07, 6.45) is 6.53. The largest absolute Gasteiger partial charge is 0.490 e. The third kappa shape index (κ3) is 1.95. The first-order valence-electron chi connectivity index (χ1n) is 6.77. The molecule has 0 saturated carbocycles. The van der Waals surface area contributed by atoms with Crippen LogP contribution in [0.15, 0.2) is 12.1 Å². The molecule has 3 rings (SSSR count). The zero-order valence-electron chi connectivity index (χ0n) is 10.8. The lowest BCUT2D eigenvalue weighted by Crippen LogP contribution is -2.30. The summed E-state index contributed by atoms with van der Waals surface area (Å²) in [4.78, 5) is 0. The molecule has 2 unspecified atom stereocenters. The molecule has 92 valence electrons. The lowest BCUT2D eigenvalue weighted by Gasteiger charge is -2.32. The molecule has 1 N–H and O–H groups in total. The summed E-state index contributed by atoms with van der Waals surface area (Å²) in [5, 5.41) is 3.42. The van der Waals surface area contributed by atoms with Gasteiger partial charge in [0.15, 0.2) is 0 Å². The molecule has 0 radical (unpaired) electrons. The molecule has 0 amide bonds. The van der Waals surface area contributed by atoms with Gasteiger partial charge in [-0.2, -0.15) is 0 Å². The minimum atomic E-state index is 0.321. The van der Waals surface area contributed by atoms with Crippen molar-refractivity contribution in [2.45, 2.75) is 51.2 Å². The summed E-state index contributed by atoms with van der Waals surface area (Å²) in [5.74, 6) is 1.11. The van der Waals surface area contributed by atoms with Gasteiger partial charge in [-0.05, 0) is 56.8 Å². The molecule has 2 aliphatic rings. The van der Waals surface area contributed by atoms with Crippen LogP contribution in [0.1, 0.15) is 48.9 Å². The summed E-state index contributed by atoms with van der Waals surface area (Å²) >= 11 is 0. The minimum Gasteiger partial charge on any atom is -0.490 e. The van der Waals surface area contributed by atoms with Crippen molar-refractivity contribution in [3.8, 4) is 5.75 Å². The fraction of sp³-hybridized carbons (Fsp3) is 0.600. The van der Waals surface area contributed by atoms with Crippen molar-refractivity contribution in [2.24, 2.45) is 0 Å². The Hall–Kier alpha value is -1.02. The molecule has 0 saturated heterocycles. The van der Waals surface area contributed by atoms with Gasteiger partial charge >= 0.3 is 0 Å². The first kappa shape index (κ1) is 11.1. The van der Waals surface area contributed by atoms with E-state index in [0.29, 0.717) is 12.1 Å². The molecule has 1 aromatic carbocycles. The van der Waals surface area contributed by atoms with Gasteiger partial charge in [0.2, 0.25) is 0 Å². The molecule has 0 aromatic heterocycles. The van der Waals surface area contributed by atoms with E-state index in [0.717, 1.165) is 12.2 Å². The summed E-state index contributed by atoms with van der Waals surface area (Å²) in [7, 11) is 2.05. The molecule has 17 heavy (non-hydrogen) atoms. The minimum absolute atomic E-state index is 0.321. The van der Waals surface area contributed by atoms with Gasteiger partial charge in [-0.3, -0.25) is 0 Å². The SMILES string of the molecule is CNC1CC(C)Oc2cc3c(cc21)CCCC3. The highest BCUT2D eigenvalue weighted by Gasteiger charge is 2.26. The van der Waals surface area contributed by atoms with Gasteiger partial charge in [-0.15, -0.1) is 0 Å². The van der Waals surface area contributed by atoms with E-state index in [1.807, 2.05) is 7.05 Å². The van der Waals surface area contributed by atoms with Crippen molar-refractivity contribution in [1.29, 1.82) is 0 Å². The second-order valence-corrected chi connectivity index (χ2v) is 5.37. The van der Waals surface area contributed by atoms with Crippen LogP contribution in [-0.4, -0.2) is 13.2 Å². The second kappa shape index (κ2) is 4.34. The van der Waals surface area contributed by atoms with Crippen LogP contribution in [0.3, 0.4) is 0 Å². The Bertz CT molecular complexity index is 427. The number of rotatable bonds is 1. The Balaban J connectivity index is 2.04. The van der Waals surface area contributed by atoms with E-state index in [2.05, 4.69) is 24.4 Å². The number of ether oxygens (including phenoxy) is 1. The van der Waals surface area contributed by atoms with Crippen molar-refractivity contribution in [3.63, 3.8) is 0 Å². The molecular weight excluding hydrogens is 210 g/mol. The van der Waals surface area contributed by atoms with Crippen molar-refractivity contribution in [2.75, 3.05) is 7.05 Å². The highest BCUT2D eigenvalue weighted by Crippen LogP contribution is 2.38. The first-order valence-corrected chi connectivity index (χ1v) is 6.77. The van der Waals surface area contributed by atoms with E-state index in [1.165, 1.54) is 36.8 Å². The van der Waals surface area contributed by atoms with Crippen LogP contribution in [0.25, 0.3) is 0 Å². The molecule has 0 spiro atoms. The predicted octanol–water partition coefficient (Wildman–Crippen LogP) is 3.00. The van der Waals surface area contributed by atoms with E-state index in [-0.39, 0.29) is 0 Å². The standard InChI is InChI=1S/C15H21NO/c1-10-7-14(16-2)13-8-11-5-3-4-6-12(11)9-15(13)17-10/h8-10,14,16H,3-7H2,1-2H3. The van der Waals surface area contributed by atoms with E-state index >= 15 is 0 Å². The monoisotopic (exact) mass is 231 g/mol. The Morgan fingerprint density at radius 3 is 2.59 bits per heavy atom. The van der Waals surface area contributed by atoms with Gasteiger partial charge in [-0.25, -0.2) is 0 Å². The van der Waals surface area contributed by atoms with Crippen LogP contribution in [0.5, 0.6) is 5.75 Å². The number of nitrogens with one attached hydrogen (secondary N) is 1. The van der Waals surface area contributed by atoms with Gasteiger partial charge in [0.25, 0.3) is 0 Å². The average Bonchev–Trinajstić information content (AvgIpc) is 2.35. The van der Waals surface area contributed by atoms with Gasteiger partial charge in [0, 0.05) is 18.0 Å². The maximum Gasteiger partial charge on any atom is 0.124 e. The van der Waals surface area contributed by atoms with Crippen molar-refractivity contribution >= 4 is 0 Å². The number of fused-ring (bicyclic) bond motifs is 2. The molecule has 2 heteroatoms. The topological polar surface area (TPSA) is 21.3 Å². The fourth-order valence-electron chi connectivity index (χ4n) is 3.15. The zero-order valence-corrected chi connectivity index (χ0v) is 10.8. The van der Waals surface area contributed by atoms with Crippen LogP contribution in [0, 0.1) is 0 Å². The molecule has 1 aromatic rings. The third-order valence-corrected chi connectivity index (χ3v) is 4.09. The van der Waals surface area contributed by atoms with Crippen molar-refractivity contribution in [1.82, 2.24) is 5.32 Å². The summed E-state index contributed by atoms with van der Waals surface area (Å²) in [6.45, 7) is 2.16. The number of aryl methyl sites for hydroxylation is 2. The molecular formula is C15H21NO. The molecule has 1 heterocycles. The van der Waals surface area contributed by atoms with Crippen LogP contribution in [0.4, 0.5) is 0 Å². The average molecular weight is 231 g/mol. The molecule has 1 aliphatic heterocycles. The highest BCUT2D eigenvalue weighted by molar-refractivity contribution is 5.46. The molecule has 2 nitrogen and oxygen atoms in total. The van der Waals surface area contributed by atoms with E-state index in [1.54, 1.807) is 5.56 Å². The Morgan fingerprint density at radius 1 is 1.18 bits per heavy atom. The maximum absolute atomic E-state index is 5.99. The van der Waals surface area contributed by atoms with Gasteiger partial charge in [0.1, 0.15) is 5.75 Å². The van der Waals surface area contributed by atoms with Crippen LogP contribution < -0.4 is 10.1 Å². The zero-order chi connectivity index (χ0) is 11.8. The van der Waals surface area contributed by atoms with Crippen LogP contribution in [0.2, 0.25) is 0 Å². The Morgan fingerprint density at radius 2 is 1.88 bits per heavy atom. The van der Waals surface area contributed by atoms with E-state index in [4.69, 9.17) is 4.74 Å². The third-order valence-electron chi connectivity index (χ3n) is 4.09. The number of benzene rings is 1. The fourth-order valence-corrected chi connectivity index (χ4v) is 3.15. The van der Waals surface area contributed by atoms with Gasteiger partial charge < -0.3 is 10.1 Å². The Kier molecular flexibility index (Phi) is 2.83. The molecule has 0 bridgehead atoms. The van der Waals surface area contributed by atoms with E-state index < -0.39 is 0 Å². The van der Waals surface area contributed by atoms with E-state index in [9.17, 15) is 0 Å². The normalized spacial score (nSPS) is 26.9. The Labute approximate surface area is 103 Å². The summed E-state index contributed by atoms with van der Waals surface area (Å²) < 4.78 is 5.99. The smallest absolute Gasteiger partial charge is 0.124 e. The molecule has 0 fully saturated rings. The van der Waals surface area contributed by atoms with Gasteiger partial charge in [-0.1, -0.05) is 6.07 Å². The quantitative estimate of drug-likeness (QED) is 0.802. The van der Waals surface area contributed by atoms with Crippen LogP contribution in [-0.2, 0) is 12.8 Å². The van der Waals surface area contributed by atoms with Gasteiger partial charge in [0.05, 0.1) is 6.10 Å². The van der Waals surface area contributed by atoms with Crippen LogP contribution >= 0.6 is 0 Å². The number of hydrogen-bond acceptors (Lipinski definition) is 2. The molecule has 1 aliphatic carbocycles. The maximum atomic E-state index is 5.99. The second-order valence-electron chi connectivity index (χ2n) is 5.37. The lowest BCUT2D eigenvalue weighted by atomic mass is 9.86. The number of hydrogen-bond donors (Lipinski definition) is 1. The summed E-state index contributed by atoms with van der Waals surface area (Å²) in [6, 6.07) is 5.14. The molecule has 2 atom stereocenters. The first-order chi connectivity index (χ1) is 8.28. The lowest BCUT2D eigenvalue weighted by molar-refractivity contribution is 0.168.